The Morgan fingerprint density at radius 3 is 2.44 bits per heavy atom. The van der Waals surface area contributed by atoms with Gasteiger partial charge in [-0.05, 0) is 19.9 Å². The lowest BCUT2D eigenvalue weighted by Crippen LogP contribution is -2.49. The summed E-state index contributed by atoms with van der Waals surface area (Å²) in [4.78, 5) is 25.7. The van der Waals surface area contributed by atoms with E-state index >= 15 is 0 Å². The molecule has 0 unspecified atom stereocenters. The van der Waals surface area contributed by atoms with Crippen LogP contribution >= 0.6 is 0 Å². The summed E-state index contributed by atoms with van der Waals surface area (Å²) in [5, 5.41) is 4.39. The van der Waals surface area contributed by atoms with Crippen molar-refractivity contribution >= 4 is 11.9 Å². The number of nitrogens with zero attached hydrogens (tertiary/aromatic N) is 6. The molecule has 4 heterocycles. The highest BCUT2D eigenvalue weighted by atomic mass is 16.5. The fourth-order valence-corrected chi connectivity index (χ4v) is 3.29. The summed E-state index contributed by atoms with van der Waals surface area (Å²) in [6, 6.07) is 3.72. The monoisotopic (exact) mass is 342 g/mol. The molecular weight excluding hydrogens is 320 g/mol. The van der Waals surface area contributed by atoms with Gasteiger partial charge in [0.2, 0.25) is 11.8 Å². The van der Waals surface area contributed by atoms with E-state index in [0.717, 1.165) is 43.4 Å². The van der Waals surface area contributed by atoms with E-state index in [9.17, 15) is 4.79 Å². The zero-order valence-electron chi connectivity index (χ0n) is 14.6. The van der Waals surface area contributed by atoms with Crippen molar-refractivity contribution in [3.8, 4) is 5.88 Å². The van der Waals surface area contributed by atoms with Crippen LogP contribution in [0.15, 0.2) is 12.1 Å². The predicted octanol–water partition coefficient (Wildman–Crippen LogP) is 1.03. The van der Waals surface area contributed by atoms with E-state index < -0.39 is 0 Å². The second kappa shape index (κ2) is 6.34. The minimum Gasteiger partial charge on any atom is -0.478 e. The molecule has 1 fully saturated rings. The fourth-order valence-electron chi connectivity index (χ4n) is 3.29. The van der Waals surface area contributed by atoms with Crippen LogP contribution in [0.25, 0.3) is 0 Å². The number of fused-ring (bicyclic) bond motifs is 1. The molecule has 0 atom stereocenters. The van der Waals surface area contributed by atoms with Gasteiger partial charge in [0.1, 0.15) is 0 Å². The van der Waals surface area contributed by atoms with Gasteiger partial charge in [0.15, 0.2) is 5.69 Å². The fraction of sp³-hybridized carbons (Fsp3) is 0.529. The molecule has 0 aliphatic carbocycles. The average molecular weight is 342 g/mol. The number of carbonyl (C=O) groups is 1. The molecule has 4 rings (SSSR count). The van der Waals surface area contributed by atoms with Crippen molar-refractivity contribution in [2.24, 2.45) is 0 Å². The molecule has 8 heteroatoms. The van der Waals surface area contributed by atoms with Crippen LogP contribution in [0, 0.1) is 13.8 Å². The first-order chi connectivity index (χ1) is 12.1. The molecule has 0 bridgehead atoms. The Kier molecular flexibility index (Phi) is 4.03. The lowest BCUT2D eigenvalue weighted by Gasteiger charge is -2.34. The van der Waals surface area contributed by atoms with Crippen molar-refractivity contribution < 1.29 is 9.53 Å². The van der Waals surface area contributed by atoms with Crippen molar-refractivity contribution in [3.63, 3.8) is 0 Å². The van der Waals surface area contributed by atoms with Gasteiger partial charge in [-0.3, -0.25) is 4.79 Å². The molecule has 25 heavy (non-hydrogen) atoms. The minimum absolute atomic E-state index is 0.0357. The van der Waals surface area contributed by atoms with Crippen LogP contribution in [-0.4, -0.2) is 63.3 Å². The van der Waals surface area contributed by atoms with Gasteiger partial charge in [0, 0.05) is 56.6 Å². The Morgan fingerprint density at radius 2 is 1.76 bits per heavy atom. The number of ether oxygens (including phenoxy) is 1. The summed E-state index contributed by atoms with van der Waals surface area (Å²) < 4.78 is 7.32. The molecule has 1 saturated heterocycles. The van der Waals surface area contributed by atoms with Gasteiger partial charge in [0.05, 0.1) is 6.61 Å². The predicted molar refractivity (Wildman–Crippen MR) is 92.0 cm³/mol. The highest BCUT2D eigenvalue weighted by Gasteiger charge is 2.26. The van der Waals surface area contributed by atoms with E-state index in [1.165, 1.54) is 0 Å². The van der Waals surface area contributed by atoms with Crippen molar-refractivity contribution in [1.82, 2.24) is 24.6 Å². The van der Waals surface area contributed by atoms with E-state index in [4.69, 9.17) is 4.74 Å². The van der Waals surface area contributed by atoms with Crippen LogP contribution in [0.5, 0.6) is 5.88 Å². The van der Waals surface area contributed by atoms with Gasteiger partial charge < -0.3 is 14.5 Å². The van der Waals surface area contributed by atoms with Gasteiger partial charge in [-0.2, -0.15) is 5.10 Å². The third-order valence-electron chi connectivity index (χ3n) is 4.55. The number of aromatic nitrogens is 4. The van der Waals surface area contributed by atoms with Crippen LogP contribution in [0.3, 0.4) is 0 Å². The molecule has 2 aromatic rings. The first-order valence-corrected chi connectivity index (χ1v) is 8.67. The quantitative estimate of drug-likeness (QED) is 0.811. The summed E-state index contributed by atoms with van der Waals surface area (Å²) in [5.74, 6) is 1.40. The Bertz CT molecular complexity index is 751. The number of carbonyl (C=O) groups excluding carboxylic acids is 1. The second-order valence-corrected chi connectivity index (χ2v) is 6.52. The molecule has 8 nitrogen and oxygen atoms in total. The molecule has 1 amide bonds. The Morgan fingerprint density at radius 1 is 1.04 bits per heavy atom. The van der Waals surface area contributed by atoms with Crippen molar-refractivity contribution in [2.45, 2.75) is 26.8 Å². The highest BCUT2D eigenvalue weighted by Crippen LogP contribution is 2.20. The second-order valence-electron chi connectivity index (χ2n) is 6.52. The first kappa shape index (κ1) is 15.9. The summed E-state index contributed by atoms with van der Waals surface area (Å²) >= 11 is 0. The molecule has 0 spiro atoms. The summed E-state index contributed by atoms with van der Waals surface area (Å²) in [6.45, 7) is 8.16. The van der Waals surface area contributed by atoms with Crippen molar-refractivity contribution in [3.05, 3.63) is 29.2 Å². The summed E-state index contributed by atoms with van der Waals surface area (Å²) in [6.07, 6.45) is 0.927. The number of rotatable bonds is 2. The maximum atomic E-state index is 12.7. The smallest absolute Gasteiger partial charge is 0.274 e. The number of piperazine rings is 1. The molecule has 0 N–H and O–H groups in total. The molecule has 0 aromatic carbocycles. The van der Waals surface area contributed by atoms with Gasteiger partial charge >= 0.3 is 0 Å². The van der Waals surface area contributed by atoms with Crippen molar-refractivity contribution in [1.29, 1.82) is 0 Å². The molecule has 132 valence electrons. The zero-order chi connectivity index (χ0) is 17.4. The molecular formula is C17H22N6O2. The third kappa shape index (κ3) is 3.16. The highest BCUT2D eigenvalue weighted by molar-refractivity contribution is 5.92. The summed E-state index contributed by atoms with van der Waals surface area (Å²) in [5.41, 5.74) is 2.39. The average Bonchev–Trinajstić information content (AvgIpc) is 3.04. The molecule has 2 aliphatic rings. The Balaban J connectivity index is 1.42. The van der Waals surface area contributed by atoms with E-state index in [0.29, 0.717) is 31.3 Å². The molecule has 0 radical (unpaired) electrons. The molecule has 0 saturated carbocycles. The number of hydrogen-bond acceptors (Lipinski definition) is 6. The van der Waals surface area contributed by atoms with Gasteiger partial charge in [-0.15, -0.1) is 0 Å². The van der Waals surface area contributed by atoms with E-state index in [-0.39, 0.29) is 5.91 Å². The largest absolute Gasteiger partial charge is 0.478 e. The van der Waals surface area contributed by atoms with Crippen molar-refractivity contribution in [2.75, 3.05) is 37.7 Å². The standard InChI is InChI=1S/C17H22N6O2/c1-12-10-13(2)19-17(18-12)22-7-5-21(6-8-22)16(24)14-11-15-23(20-14)4-3-9-25-15/h10-11H,3-9H2,1-2H3. The number of amides is 1. The number of hydrogen-bond donors (Lipinski definition) is 0. The van der Waals surface area contributed by atoms with Gasteiger partial charge in [-0.25, -0.2) is 14.6 Å². The van der Waals surface area contributed by atoms with Crippen LogP contribution in [0.4, 0.5) is 5.95 Å². The van der Waals surface area contributed by atoms with E-state index in [1.807, 2.05) is 24.8 Å². The van der Waals surface area contributed by atoms with E-state index in [2.05, 4.69) is 20.0 Å². The molecule has 2 aromatic heterocycles. The summed E-state index contributed by atoms with van der Waals surface area (Å²) in [7, 11) is 0. The van der Waals surface area contributed by atoms with Crippen LogP contribution in [0.2, 0.25) is 0 Å². The minimum atomic E-state index is -0.0357. The van der Waals surface area contributed by atoms with Crippen LogP contribution < -0.4 is 9.64 Å². The molecule has 2 aliphatic heterocycles. The Labute approximate surface area is 146 Å². The third-order valence-corrected chi connectivity index (χ3v) is 4.55. The van der Waals surface area contributed by atoms with Gasteiger partial charge in [-0.1, -0.05) is 0 Å². The number of aryl methyl sites for hydroxylation is 3. The lowest BCUT2D eigenvalue weighted by molar-refractivity contribution is 0.0739. The SMILES string of the molecule is Cc1cc(C)nc(N2CCN(C(=O)c3cc4n(n3)CCCO4)CC2)n1. The normalized spacial score (nSPS) is 17.2. The maximum absolute atomic E-state index is 12.7. The van der Waals surface area contributed by atoms with Crippen LogP contribution in [0.1, 0.15) is 28.3 Å². The Hall–Kier alpha value is -2.64. The van der Waals surface area contributed by atoms with Gasteiger partial charge in [0.25, 0.3) is 5.91 Å². The van der Waals surface area contributed by atoms with Crippen LogP contribution in [-0.2, 0) is 6.54 Å². The number of anilines is 1. The lowest BCUT2D eigenvalue weighted by atomic mass is 10.3. The first-order valence-electron chi connectivity index (χ1n) is 8.67. The topological polar surface area (TPSA) is 76.4 Å². The maximum Gasteiger partial charge on any atom is 0.274 e. The zero-order valence-corrected chi connectivity index (χ0v) is 14.6. The van der Waals surface area contributed by atoms with E-state index in [1.54, 1.807) is 10.7 Å².